The van der Waals surface area contributed by atoms with Crippen LogP contribution in [0.5, 0.6) is 0 Å². The van der Waals surface area contributed by atoms with E-state index in [1.165, 1.54) is 6.92 Å². The van der Waals surface area contributed by atoms with Gasteiger partial charge in [-0.3, -0.25) is 4.79 Å². The zero-order valence-corrected chi connectivity index (χ0v) is 33.0. The summed E-state index contributed by atoms with van der Waals surface area (Å²) in [6, 6.07) is 5.54. The number of halogens is 1. The Balaban J connectivity index is 2.84. The van der Waals surface area contributed by atoms with E-state index in [9.17, 15) is 4.79 Å². The average Bonchev–Trinajstić information content (AvgIpc) is 3.02. The van der Waals surface area contributed by atoms with E-state index < -0.39 is 55.0 Å². The quantitative estimate of drug-likeness (QED) is 0.146. The van der Waals surface area contributed by atoms with Crippen LogP contribution in [0.3, 0.4) is 0 Å². The highest BCUT2D eigenvalue weighted by Crippen LogP contribution is 2.50. The van der Waals surface area contributed by atoms with E-state index in [1.54, 1.807) is 0 Å². The first-order valence-electron chi connectivity index (χ1n) is 14.7. The van der Waals surface area contributed by atoms with Gasteiger partial charge in [0.15, 0.2) is 25.0 Å². The third kappa shape index (κ3) is 8.20. The minimum atomic E-state index is -2.45. The molecule has 0 N–H and O–H groups in total. The van der Waals surface area contributed by atoms with Crippen LogP contribution >= 0.6 is 15.9 Å². The van der Waals surface area contributed by atoms with Gasteiger partial charge in [-0.2, -0.15) is 0 Å². The molecule has 7 nitrogen and oxygen atoms in total. The lowest BCUT2D eigenvalue weighted by Crippen LogP contribution is -2.57. The summed E-state index contributed by atoms with van der Waals surface area (Å²) in [6.07, 6.45) is -1.85. The first kappa shape index (κ1) is 36.8. The van der Waals surface area contributed by atoms with E-state index in [1.807, 2.05) is 18.2 Å². The second-order valence-corrected chi connectivity index (χ2v) is 31.1. The van der Waals surface area contributed by atoms with E-state index in [-0.39, 0.29) is 15.1 Å². The fraction of sp³-hybridized carbons (Fsp3) is 0.800. The molecule has 11 heteroatoms. The van der Waals surface area contributed by atoms with E-state index >= 15 is 0 Å². The molecular weight excluding hydrogens is 634 g/mol. The number of nitrogens with zero attached hydrogens (tertiary/aromatic N) is 1. The number of carbonyl (C=O) groups excluding carboxylic acids is 1. The van der Waals surface area contributed by atoms with Crippen LogP contribution in [0.4, 0.5) is 0 Å². The highest BCUT2D eigenvalue weighted by molar-refractivity contribution is 9.10. The topological polar surface area (TPSA) is 76.1 Å². The Labute approximate surface area is 261 Å². The van der Waals surface area contributed by atoms with Crippen molar-refractivity contribution in [1.29, 1.82) is 0 Å². The van der Waals surface area contributed by atoms with Crippen molar-refractivity contribution in [3.05, 3.63) is 28.5 Å². The van der Waals surface area contributed by atoms with Crippen LogP contribution in [-0.4, -0.2) is 60.8 Å². The summed E-state index contributed by atoms with van der Waals surface area (Å²) in [7, 11) is -6.96. The minimum Gasteiger partial charge on any atom is -0.424 e. The molecule has 1 aliphatic heterocycles. The molecule has 2 heterocycles. The lowest BCUT2D eigenvalue weighted by Gasteiger charge is -2.45. The van der Waals surface area contributed by atoms with Crippen molar-refractivity contribution < 1.29 is 27.5 Å². The number of rotatable bonds is 9. The van der Waals surface area contributed by atoms with Crippen molar-refractivity contribution in [1.82, 2.24) is 4.98 Å². The van der Waals surface area contributed by atoms with Gasteiger partial charge < -0.3 is 22.8 Å². The van der Waals surface area contributed by atoms with E-state index in [0.29, 0.717) is 16.9 Å². The van der Waals surface area contributed by atoms with E-state index in [4.69, 9.17) is 27.7 Å². The Morgan fingerprint density at radius 2 is 1.37 bits per heavy atom. The van der Waals surface area contributed by atoms with Crippen molar-refractivity contribution in [2.24, 2.45) is 0 Å². The molecule has 0 saturated carbocycles. The van der Waals surface area contributed by atoms with Gasteiger partial charge in [-0.05, 0) is 82.5 Å². The first-order valence-corrected chi connectivity index (χ1v) is 24.2. The molecule has 41 heavy (non-hydrogen) atoms. The van der Waals surface area contributed by atoms with Gasteiger partial charge in [-0.1, -0.05) is 68.4 Å². The Bertz CT molecular complexity index is 1080. The van der Waals surface area contributed by atoms with Crippen molar-refractivity contribution in [3.63, 3.8) is 0 Å². The maximum atomic E-state index is 12.8. The Hall–Kier alpha value is -0.409. The molecule has 1 aromatic rings. The second kappa shape index (κ2) is 12.2. The first-order chi connectivity index (χ1) is 18.2. The molecule has 1 fully saturated rings. The Morgan fingerprint density at radius 1 is 0.878 bits per heavy atom. The third-order valence-corrected chi connectivity index (χ3v) is 23.5. The van der Waals surface area contributed by atoms with Gasteiger partial charge in [0.25, 0.3) is 5.79 Å². The summed E-state index contributed by atoms with van der Waals surface area (Å²) in [5.74, 6) is -2.09. The largest absolute Gasteiger partial charge is 0.424 e. The number of aromatic nitrogens is 1. The molecule has 0 aromatic carbocycles. The predicted molar refractivity (Wildman–Crippen MR) is 178 cm³/mol. The van der Waals surface area contributed by atoms with Crippen molar-refractivity contribution in [3.8, 4) is 0 Å². The van der Waals surface area contributed by atoms with E-state index in [0.717, 1.165) is 0 Å². The van der Waals surface area contributed by atoms with Gasteiger partial charge in [-0.15, -0.1) is 0 Å². The molecule has 1 aliphatic rings. The molecule has 2 rings (SSSR count). The maximum absolute atomic E-state index is 12.8. The lowest BCUT2D eigenvalue weighted by molar-refractivity contribution is -0.257. The fourth-order valence-electron chi connectivity index (χ4n) is 3.86. The van der Waals surface area contributed by atoms with Gasteiger partial charge in [-0.25, -0.2) is 4.98 Å². The third-order valence-electron chi connectivity index (χ3n) is 9.61. The summed E-state index contributed by atoms with van der Waals surface area (Å²) in [5, 5.41) is -0.172. The zero-order valence-electron chi connectivity index (χ0n) is 28.4. The highest BCUT2D eigenvalue weighted by atomic mass is 79.9. The van der Waals surface area contributed by atoms with Crippen LogP contribution in [0.1, 0.15) is 74.9 Å². The molecule has 1 saturated heterocycles. The number of carbonyl (C=O) groups is 1. The van der Waals surface area contributed by atoms with Gasteiger partial charge in [0, 0.05) is 6.92 Å². The summed E-state index contributed by atoms with van der Waals surface area (Å²) in [4.78, 5) is 17.6. The number of ether oxygens (including phenoxy) is 2. The molecule has 4 atom stereocenters. The fourth-order valence-corrected chi connectivity index (χ4v) is 7.80. The molecule has 1 aromatic heterocycles. The number of esters is 1. The Kier molecular flexibility index (Phi) is 10.9. The number of hydrogen-bond acceptors (Lipinski definition) is 7. The van der Waals surface area contributed by atoms with Crippen LogP contribution in [-0.2, 0) is 33.3 Å². The number of pyridine rings is 1. The van der Waals surface area contributed by atoms with Crippen LogP contribution in [0.2, 0.25) is 54.4 Å². The normalized spacial score (nSPS) is 25.0. The van der Waals surface area contributed by atoms with Crippen LogP contribution < -0.4 is 0 Å². The molecule has 0 aliphatic carbocycles. The monoisotopic (exact) mass is 689 g/mol. The second-order valence-electron chi connectivity index (χ2n) is 16.0. The standard InChI is InChI=1S/C30H56BrNO6Si3/c1-21(33)35-30(23-18-17-19-24(31)32-23)26(38-41(15,16)29(8,9)10)25(37-40(13,14)28(5,6)7)22(36-30)20-34-39(11,12)27(2,3)4/h17-19,22,25-26H,20H2,1-16H3/t22-,25-,26-,30+/m1/s1. The SMILES string of the molecule is CC(=O)O[C@@]1(c2cccc(Br)n2)O[C@H](CO[Si](C)(C)C(C)(C)C)[C@@H](O[Si](C)(C)C(C)(C)C)[C@H]1O[Si](C)(C)C(C)(C)C. The average molecular weight is 691 g/mol. The summed E-state index contributed by atoms with van der Waals surface area (Å²) >= 11 is 3.51. The minimum absolute atomic E-state index is 0.0112. The van der Waals surface area contributed by atoms with Crippen LogP contribution in [0, 0.1) is 0 Å². The van der Waals surface area contributed by atoms with Crippen molar-refractivity contribution >= 4 is 46.9 Å². The van der Waals surface area contributed by atoms with Crippen molar-refractivity contribution in [2.75, 3.05) is 6.61 Å². The molecule has 0 radical (unpaired) electrons. The highest BCUT2D eigenvalue weighted by Gasteiger charge is 2.64. The molecule has 236 valence electrons. The summed E-state index contributed by atoms with van der Waals surface area (Å²) in [6.45, 7) is 34.9. The van der Waals surface area contributed by atoms with Gasteiger partial charge in [0.05, 0.1) is 6.61 Å². The molecule has 0 bridgehead atoms. The maximum Gasteiger partial charge on any atom is 0.305 e. The van der Waals surface area contributed by atoms with Crippen LogP contribution in [0.25, 0.3) is 0 Å². The van der Waals surface area contributed by atoms with Crippen LogP contribution in [0.15, 0.2) is 22.8 Å². The van der Waals surface area contributed by atoms with Gasteiger partial charge in [0.1, 0.15) is 28.6 Å². The van der Waals surface area contributed by atoms with Gasteiger partial charge >= 0.3 is 5.97 Å². The molecular formula is C30H56BrNO6Si3. The predicted octanol–water partition coefficient (Wildman–Crippen LogP) is 8.76. The molecule has 0 unspecified atom stereocenters. The molecule has 0 amide bonds. The Morgan fingerprint density at radius 3 is 1.80 bits per heavy atom. The lowest BCUT2D eigenvalue weighted by atomic mass is 10.0. The number of hydrogen-bond donors (Lipinski definition) is 0. The smallest absolute Gasteiger partial charge is 0.305 e. The molecule has 0 spiro atoms. The van der Waals surface area contributed by atoms with E-state index in [2.05, 4.69) is 118 Å². The zero-order chi connectivity index (χ0) is 32.0. The van der Waals surface area contributed by atoms with Gasteiger partial charge in [0.2, 0.25) is 0 Å². The summed E-state index contributed by atoms with van der Waals surface area (Å²) in [5.41, 5.74) is 0.462. The van der Waals surface area contributed by atoms with Crippen molar-refractivity contribution in [2.45, 2.75) is 148 Å². The summed E-state index contributed by atoms with van der Waals surface area (Å²) < 4.78 is 34.9.